The topological polar surface area (TPSA) is 129 Å². The lowest BCUT2D eigenvalue weighted by Crippen LogP contribution is -2.42. The third kappa shape index (κ3) is 9.66. The first-order chi connectivity index (χ1) is 21.6. The summed E-state index contributed by atoms with van der Waals surface area (Å²) in [5, 5.41) is 3.40. The van der Waals surface area contributed by atoms with Gasteiger partial charge in [-0.05, 0) is 69.7 Å². The molecule has 3 aromatic rings. The first-order valence-corrected chi connectivity index (χ1v) is 15.4. The molecule has 46 heavy (non-hydrogen) atoms. The van der Waals surface area contributed by atoms with Gasteiger partial charge in [0.05, 0.1) is 30.9 Å². The second-order valence-corrected chi connectivity index (χ2v) is 12.9. The van der Waals surface area contributed by atoms with E-state index in [9.17, 15) is 24.0 Å². The van der Waals surface area contributed by atoms with Crippen molar-refractivity contribution in [1.82, 2.24) is 19.4 Å². The van der Waals surface area contributed by atoms with E-state index in [1.54, 1.807) is 63.8 Å². The van der Waals surface area contributed by atoms with E-state index >= 15 is 0 Å². The number of benzene rings is 1. The first-order valence-electron chi connectivity index (χ1n) is 15.4. The number of ketones is 1. The number of hydrogen-bond acceptors (Lipinski definition) is 7. The van der Waals surface area contributed by atoms with E-state index in [1.165, 1.54) is 22.7 Å². The number of Topliss-reactive ketones (excluding diaryl/α,β-unsaturated/α-hetero) is 1. The number of nitrogens with zero attached hydrogens (tertiary/aromatic N) is 3. The molecule has 0 aliphatic heterocycles. The molecule has 11 nitrogen and oxygen atoms in total. The van der Waals surface area contributed by atoms with Crippen LogP contribution in [0.4, 0.5) is 9.59 Å². The van der Waals surface area contributed by atoms with Gasteiger partial charge in [0.1, 0.15) is 5.60 Å². The van der Waals surface area contributed by atoms with Crippen molar-refractivity contribution in [2.45, 2.75) is 78.5 Å². The van der Waals surface area contributed by atoms with Crippen LogP contribution in [0.1, 0.15) is 64.3 Å². The molecule has 0 aliphatic carbocycles. The molecule has 2 heterocycles. The second-order valence-electron chi connectivity index (χ2n) is 12.9. The maximum Gasteiger partial charge on any atom is 0.419 e. The number of rotatable bonds is 12. The molecule has 3 rings (SSSR count). The molecule has 0 fully saturated rings. The normalized spacial score (nSPS) is 12.4. The van der Waals surface area contributed by atoms with Gasteiger partial charge in [-0.2, -0.15) is 0 Å². The summed E-state index contributed by atoms with van der Waals surface area (Å²) >= 11 is 0. The lowest BCUT2D eigenvalue weighted by Gasteiger charge is -2.22. The van der Waals surface area contributed by atoms with Crippen LogP contribution in [0.3, 0.4) is 0 Å². The smallest absolute Gasteiger partial charge is 0.419 e. The van der Waals surface area contributed by atoms with E-state index in [1.807, 2.05) is 24.3 Å². The summed E-state index contributed by atoms with van der Waals surface area (Å²) in [6, 6.07) is 10.1. The zero-order chi connectivity index (χ0) is 34.2. The summed E-state index contributed by atoms with van der Waals surface area (Å²) in [5.41, 5.74) is 1.42. The van der Waals surface area contributed by atoms with Gasteiger partial charge < -0.3 is 24.3 Å². The number of fused-ring (bicyclic) bond motifs is 1. The van der Waals surface area contributed by atoms with E-state index in [-0.39, 0.29) is 36.6 Å². The number of aromatic nitrogens is 2. The fourth-order valence-corrected chi connectivity index (χ4v) is 5.07. The fraction of sp³-hybridized carbons (Fsp3) is 0.457. The van der Waals surface area contributed by atoms with Gasteiger partial charge in [0.25, 0.3) is 5.56 Å². The Kier molecular flexibility index (Phi) is 12.1. The summed E-state index contributed by atoms with van der Waals surface area (Å²) in [5.74, 6) is -0.230. The highest BCUT2D eigenvalue weighted by Gasteiger charge is 2.25. The van der Waals surface area contributed by atoms with Crippen LogP contribution in [0.25, 0.3) is 10.9 Å². The number of allylic oxidation sites excluding steroid dienone is 1. The van der Waals surface area contributed by atoms with E-state index in [4.69, 9.17) is 9.47 Å². The Hall–Kier alpha value is -4.67. The highest BCUT2D eigenvalue weighted by molar-refractivity contribution is 5.93. The van der Waals surface area contributed by atoms with E-state index in [0.717, 1.165) is 22.9 Å². The van der Waals surface area contributed by atoms with Crippen LogP contribution >= 0.6 is 0 Å². The van der Waals surface area contributed by atoms with Crippen molar-refractivity contribution in [1.29, 1.82) is 0 Å². The SMILES string of the molecule is COC(=O)N[C@@H](CC/C=C/C(=O)N(C)C)C(=O)Cc1cccn(Cc2cc3cccc(CC(C)C)c3n2C(=O)OC(C)(C)C)c1=O. The minimum Gasteiger partial charge on any atom is -0.453 e. The minimum atomic E-state index is -0.936. The van der Waals surface area contributed by atoms with Gasteiger partial charge in [-0.25, -0.2) is 14.2 Å². The zero-order valence-electron chi connectivity index (χ0n) is 28.1. The molecular formula is C35H46N4O7. The third-order valence-electron chi connectivity index (χ3n) is 7.17. The van der Waals surface area contributed by atoms with Gasteiger partial charge in [0.2, 0.25) is 5.91 Å². The van der Waals surface area contributed by atoms with E-state index < -0.39 is 29.4 Å². The average molecular weight is 635 g/mol. The minimum absolute atomic E-state index is 0.0600. The monoisotopic (exact) mass is 634 g/mol. The maximum atomic E-state index is 13.7. The Balaban J connectivity index is 1.94. The number of amides is 2. The molecule has 0 aliphatic rings. The molecule has 1 aromatic carbocycles. The summed E-state index contributed by atoms with van der Waals surface area (Å²) in [7, 11) is 4.46. The lowest BCUT2D eigenvalue weighted by molar-refractivity contribution is -0.123. The first kappa shape index (κ1) is 35.8. The molecule has 0 saturated carbocycles. The van der Waals surface area contributed by atoms with E-state index in [0.29, 0.717) is 18.0 Å². The van der Waals surface area contributed by atoms with Gasteiger partial charge >= 0.3 is 12.2 Å². The highest BCUT2D eigenvalue weighted by Crippen LogP contribution is 2.27. The van der Waals surface area contributed by atoms with Crippen LogP contribution < -0.4 is 10.9 Å². The largest absolute Gasteiger partial charge is 0.453 e. The standard InChI is InChI=1S/C35H46N4O7/c1-23(2)19-24-13-11-14-25-20-27(39(31(24)25)34(44)46-35(3,4)5)22-38-18-12-15-26(32(38)42)21-29(40)28(36-33(43)45-8)16-9-10-17-30(41)37(6)7/h10-15,17-18,20,23,28H,9,16,19,21-22H2,1-8H3,(H,36,43)/b17-10+/t28-/m0/s1. The van der Waals surface area contributed by atoms with Crippen molar-refractivity contribution in [3.8, 4) is 0 Å². The van der Waals surface area contributed by atoms with Crippen molar-refractivity contribution in [2.24, 2.45) is 5.92 Å². The number of carbonyl (C=O) groups is 4. The molecule has 248 valence electrons. The van der Waals surface area contributed by atoms with Gasteiger partial charge in [0, 0.05) is 37.7 Å². The average Bonchev–Trinajstić information content (AvgIpc) is 3.34. The fourth-order valence-electron chi connectivity index (χ4n) is 5.07. The van der Waals surface area contributed by atoms with Gasteiger partial charge in [0.15, 0.2) is 5.78 Å². The number of methoxy groups -OCH3 is 1. The van der Waals surface area contributed by atoms with Crippen LogP contribution in [0.2, 0.25) is 0 Å². The molecule has 0 saturated heterocycles. The van der Waals surface area contributed by atoms with Gasteiger partial charge in [-0.3, -0.25) is 14.4 Å². The van der Waals surface area contributed by atoms with Crippen molar-refractivity contribution in [2.75, 3.05) is 21.2 Å². The van der Waals surface area contributed by atoms with Crippen LogP contribution in [0, 0.1) is 5.92 Å². The zero-order valence-corrected chi connectivity index (χ0v) is 28.1. The third-order valence-corrected chi connectivity index (χ3v) is 7.17. The molecule has 0 bridgehead atoms. The van der Waals surface area contributed by atoms with Crippen molar-refractivity contribution >= 4 is 34.8 Å². The van der Waals surface area contributed by atoms with E-state index in [2.05, 4.69) is 19.2 Å². The maximum absolute atomic E-state index is 13.7. The number of ether oxygens (including phenoxy) is 2. The molecule has 0 radical (unpaired) electrons. The Morgan fingerprint density at radius 1 is 1.04 bits per heavy atom. The van der Waals surface area contributed by atoms with Gasteiger partial charge in [-0.1, -0.05) is 44.2 Å². The summed E-state index contributed by atoms with van der Waals surface area (Å²) in [4.78, 5) is 65.9. The lowest BCUT2D eigenvalue weighted by atomic mass is 10.0. The number of nitrogens with one attached hydrogen (secondary N) is 1. The highest BCUT2D eigenvalue weighted by atomic mass is 16.6. The molecule has 0 unspecified atom stereocenters. The van der Waals surface area contributed by atoms with Gasteiger partial charge in [-0.15, -0.1) is 0 Å². The Morgan fingerprint density at radius 2 is 1.74 bits per heavy atom. The van der Waals surface area contributed by atoms with Crippen LogP contribution in [0.15, 0.2) is 59.5 Å². The number of pyridine rings is 1. The molecule has 2 amide bonds. The Morgan fingerprint density at radius 3 is 2.37 bits per heavy atom. The molecule has 11 heteroatoms. The Labute approximate surface area is 270 Å². The molecule has 2 aromatic heterocycles. The van der Waals surface area contributed by atoms with Crippen molar-refractivity contribution in [3.63, 3.8) is 0 Å². The van der Waals surface area contributed by atoms with Crippen LogP contribution in [-0.4, -0.2) is 70.8 Å². The molecule has 1 atom stereocenters. The van der Waals surface area contributed by atoms with Crippen molar-refractivity contribution in [3.05, 3.63) is 81.9 Å². The van der Waals surface area contributed by atoms with Crippen LogP contribution in [0.5, 0.6) is 0 Å². The predicted octanol–water partition coefficient (Wildman–Crippen LogP) is 5.09. The predicted molar refractivity (Wildman–Crippen MR) is 177 cm³/mol. The number of alkyl carbamates (subject to hydrolysis) is 1. The molecular weight excluding hydrogens is 588 g/mol. The Bertz CT molecular complexity index is 1660. The summed E-state index contributed by atoms with van der Waals surface area (Å²) < 4.78 is 13.5. The van der Waals surface area contributed by atoms with Crippen LogP contribution in [-0.2, 0) is 38.4 Å². The summed E-state index contributed by atoms with van der Waals surface area (Å²) in [6.07, 6.45) is 4.40. The number of carbonyl (C=O) groups excluding carboxylic acids is 4. The molecule has 0 spiro atoms. The summed E-state index contributed by atoms with van der Waals surface area (Å²) in [6.45, 7) is 9.70. The van der Waals surface area contributed by atoms with Crippen molar-refractivity contribution < 1.29 is 28.7 Å². The number of para-hydroxylation sites is 1. The number of hydrogen-bond donors (Lipinski definition) is 1. The molecule has 1 N–H and O–H groups in total. The quantitative estimate of drug-likeness (QED) is 0.275. The number of likely N-dealkylation sites (N-methyl/N-ethyl adjacent to an activating group) is 1. The second kappa shape index (κ2) is 15.6.